The molecule has 28 heavy (non-hydrogen) atoms. The van der Waals surface area contributed by atoms with Gasteiger partial charge in [0, 0.05) is 24.8 Å². The molecule has 1 fully saturated rings. The molecule has 0 aliphatic carbocycles. The van der Waals surface area contributed by atoms with E-state index in [1.807, 2.05) is 31.2 Å². The summed E-state index contributed by atoms with van der Waals surface area (Å²) in [5, 5.41) is 2.71. The lowest BCUT2D eigenvalue weighted by atomic mass is 10.1. The molecule has 7 nitrogen and oxygen atoms in total. The molecule has 0 saturated carbocycles. The van der Waals surface area contributed by atoms with E-state index in [0.717, 1.165) is 11.3 Å². The molecule has 0 bridgehead atoms. The number of halogens is 1. The highest BCUT2D eigenvalue weighted by Gasteiger charge is 2.37. The van der Waals surface area contributed by atoms with Gasteiger partial charge in [-0.05, 0) is 38.1 Å². The van der Waals surface area contributed by atoms with Crippen LogP contribution in [-0.2, 0) is 19.1 Å². The number of nitrogens with one attached hydrogen (secondary N) is 1. The van der Waals surface area contributed by atoms with Crippen LogP contribution in [0.15, 0.2) is 42.6 Å². The Morgan fingerprint density at radius 2 is 2.00 bits per heavy atom. The molecule has 1 aliphatic heterocycles. The number of aryl methyl sites for hydroxylation is 1. The topological polar surface area (TPSA) is 88.6 Å². The number of pyridine rings is 1. The van der Waals surface area contributed by atoms with Crippen LogP contribution in [0.1, 0.15) is 18.9 Å². The minimum Gasteiger partial charge on any atom is -0.452 e. The predicted octanol–water partition coefficient (Wildman–Crippen LogP) is 2.97. The van der Waals surface area contributed by atoms with Crippen LogP contribution in [0.2, 0.25) is 5.15 Å². The molecule has 0 spiro atoms. The van der Waals surface area contributed by atoms with E-state index in [1.54, 1.807) is 17.0 Å². The molecule has 3 rings (SSSR count). The van der Waals surface area contributed by atoms with Crippen LogP contribution >= 0.6 is 11.6 Å². The highest BCUT2D eigenvalue weighted by atomic mass is 35.5. The van der Waals surface area contributed by atoms with Gasteiger partial charge in [0.15, 0.2) is 11.3 Å². The van der Waals surface area contributed by atoms with Crippen LogP contribution in [0.5, 0.6) is 0 Å². The van der Waals surface area contributed by atoms with Gasteiger partial charge in [-0.2, -0.15) is 0 Å². The van der Waals surface area contributed by atoms with Crippen molar-refractivity contribution in [1.82, 2.24) is 4.98 Å². The summed E-state index contributed by atoms with van der Waals surface area (Å²) in [6.45, 7) is 3.65. The lowest BCUT2D eigenvalue weighted by Crippen LogP contribution is -2.33. The molecule has 2 amide bonds. The summed E-state index contributed by atoms with van der Waals surface area (Å²) in [4.78, 5) is 42.4. The Balaban J connectivity index is 1.58. The molecule has 1 aromatic carbocycles. The monoisotopic (exact) mass is 401 g/mol. The molecule has 146 valence electrons. The van der Waals surface area contributed by atoms with Gasteiger partial charge in [0.05, 0.1) is 11.6 Å². The summed E-state index contributed by atoms with van der Waals surface area (Å²) < 4.78 is 5.27. The molecule has 0 unspecified atom stereocenters. The normalized spacial score (nSPS) is 17.3. The Hall–Kier alpha value is -2.93. The second-order valence-corrected chi connectivity index (χ2v) is 7.01. The zero-order valence-electron chi connectivity index (χ0n) is 15.5. The van der Waals surface area contributed by atoms with Gasteiger partial charge in [-0.1, -0.05) is 29.3 Å². The van der Waals surface area contributed by atoms with Gasteiger partial charge in [0.2, 0.25) is 5.91 Å². The molecule has 8 heteroatoms. The van der Waals surface area contributed by atoms with Gasteiger partial charge in [-0.15, -0.1) is 0 Å². The second-order valence-electron chi connectivity index (χ2n) is 6.65. The van der Waals surface area contributed by atoms with Gasteiger partial charge in [0.25, 0.3) is 5.91 Å². The number of rotatable bonds is 5. The second kappa shape index (κ2) is 8.39. The number of ether oxygens (including phenoxy) is 1. The summed E-state index contributed by atoms with van der Waals surface area (Å²) in [5.74, 6) is -1.87. The van der Waals surface area contributed by atoms with Crippen molar-refractivity contribution in [3.63, 3.8) is 0 Å². The van der Waals surface area contributed by atoms with E-state index < -0.39 is 23.9 Å². The fourth-order valence-corrected chi connectivity index (χ4v) is 3.04. The highest BCUT2D eigenvalue weighted by molar-refractivity contribution is 6.32. The maximum Gasteiger partial charge on any atom is 0.312 e. The van der Waals surface area contributed by atoms with Crippen LogP contribution in [0, 0.1) is 12.8 Å². The summed E-state index contributed by atoms with van der Waals surface area (Å²) in [6.07, 6.45) is 0.515. The van der Waals surface area contributed by atoms with Gasteiger partial charge in [0.1, 0.15) is 0 Å². The van der Waals surface area contributed by atoms with Crippen molar-refractivity contribution in [3.8, 4) is 0 Å². The maximum absolute atomic E-state index is 12.4. The van der Waals surface area contributed by atoms with Crippen molar-refractivity contribution in [2.45, 2.75) is 26.4 Å². The van der Waals surface area contributed by atoms with E-state index >= 15 is 0 Å². The fraction of sp³-hybridized carbons (Fsp3) is 0.300. The smallest absolute Gasteiger partial charge is 0.312 e. The van der Waals surface area contributed by atoms with Crippen molar-refractivity contribution in [3.05, 3.63) is 53.3 Å². The van der Waals surface area contributed by atoms with E-state index in [4.69, 9.17) is 16.3 Å². The number of carbonyl (C=O) groups excluding carboxylic acids is 3. The van der Waals surface area contributed by atoms with Crippen molar-refractivity contribution >= 4 is 40.8 Å². The lowest BCUT2D eigenvalue weighted by Gasteiger charge is -2.18. The molecule has 1 saturated heterocycles. The SMILES string of the molecule is Cc1ccc(N2C[C@H](C(=O)O[C@H](C)C(=O)Nc3cccnc3Cl)CC2=O)cc1. The number of benzene rings is 1. The third-order valence-corrected chi connectivity index (χ3v) is 4.78. The van der Waals surface area contributed by atoms with Crippen molar-refractivity contribution < 1.29 is 19.1 Å². The third-order valence-electron chi connectivity index (χ3n) is 4.48. The predicted molar refractivity (Wildman–Crippen MR) is 105 cm³/mol. The molecular formula is C20H20ClN3O4. The maximum atomic E-state index is 12.4. The average molecular weight is 402 g/mol. The number of aromatic nitrogens is 1. The average Bonchev–Trinajstić information content (AvgIpc) is 3.06. The molecule has 2 atom stereocenters. The number of hydrogen-bond acceptors (Lipinski definition) is 5. The number of nitrogens with zero attached hydrogens (tertiary/aromatic N) is 2. The first-order chi connectivity index (χ1) is 13.3. The van der Waals surface area contributed by atoms with E-state index in [0.29, 0.717) is 5.69 Å². The summed E-state index contributed by atoms with van der Waals surface area (Å²) in [6, 6.07) is 10.7. The van der Waals surface area contributed by atoms with E-state index in [9.17, 15) is 14.4 Å². The van der Waals surface area contributed by atoms with Crippen molar-refractivity contribution in [1.29, 1.82) is 0 Å². The molecule has 0 radical (unpaired) electrons. The van der Waals surface area contributed by atoms with Gasteiger partial charge in [-0.3, -0.25) is 14.4 Å². The molecule has 1 aliphatic rings. The van der Waals surface area contributed by atoms with E-state index in [-0.39, 0.29) is 24.0 Å². The molecule has 2 aromatic rings. The highest BCUT2D eigenvalue weighted by Crippen LogP contribution is 2.26. The van der Waals surface area contributed by atoms with Crippen molar-refractivity contribution in [2.75, 3.05) is 16.8 Å². The third kappa shape index (κ3) is 4.48. The number of anilines is 2. The van der Waals surface area contributed by atoms with Crippen LogP contribution in [-0.4, -0.2) is 35.4 Å². The number of amides is 2. The molecular weight excluding hydrogens is 382 g/mol. The molecule has 1 aromatic heterocycles. The summed E-state index contributed by atoms with van der Waals surface area (Å²) in [7, 11) is 0. The van der Waals surface area contributed by atoms with Crippen LogP contribution in [0.25, 0.3) is 0 Å². The Labute approximate surface area is 167 Å². The Kier molecular flexibility index (Phi) is 5.94. The number of carbonyl (C=O) groups is 3. The fourth-order valence-electron chi connectivity index (χ4n) is 2.88. The Morgan fingerprint density at radius 1 is 1.29 bits per heavy atom. The number of esters is 1. The zero-order valence-corrected chi connectivity index (χ0v) is 16.3. The van der Waals surface area contributed by atoms with Gasteiger partial charge >= 0.3 is 5.97 Å². The largest absolute Gasteiger partial charge is 0.452 e. The van der Waals surface area contributed by atoms with E-state index in [1.165, 1.54) is 13.1 Å². The summed E-state index contributed by atoms with van der Waals surface area (Å²) >= 11 is 5.91. The lowest BCUT2D eigenvalue weighted by molar-refractivity contribution is -0.157. The summed E-state index contributed by atoms with van der Waals surface area (Å²) in [5.41, 5.74) is 2.15. The van der Waals surface area contributed by atoms with Gasteiger partial charge in [-0.25, -0.2) is 4.98 Å². The van der Waals surface area contributed by atoms with Crippen LogP contribution in [0.4, 0.5) is 11.4 Å². The molecule has 2 heterocycles. The minimum absolute atomic E-state index is 0.0511. The number of hydrogen-bond donors (Lipinski definition) is 1. The zero-order chi connectivity index (χ0) is 20.3. The first-order valence-electron chi connectivity index (χ1n) is 8.84. The van der Waals surface area contributed by atoms with Crippen molar-refractivity contribution in [2.24, 2.45) is 5.92 Å². The van der Waals surface area contributed by atoms with Crippen LogP contribution < -0.4 is 10.2 Å². The van der Waals surface area contributed by atoms with Gasteiger partial charge < -0.3 is 15.0 Å². The first-order valence-corrected chi connectivity index (χ1v) is 9.22. The Bertz CT molecular complexity index is 901. The quantitative estimate of drug-likeness (QED) is 0.614. The van der Waals surface area contributed by atoms with Crippen LogP contribution in [0.3, 0.4) is 0 Å². The van der Waals surface area contributed by atoms with E-state index in [2.05, 4.69) is 10.3 Å². The standard InChI is InChI=1S/C20H20ClN3O4/c1-12-5-7-15(8-6-12)24-11-14(10-17(24)25)20(27)28-13(2)19(26)23-16-4-3-9-22-18(16)21/h3-9,13-14H,10-11H2,1-2H3,(H,23,26)/t13-,14-/m1/s1. The minimum atomic E-state index is -1.03. The first kappa shape index (κ1) is 19.8. The molecule has 1 N–H and O–H groups in total. The Morgan fingerprint density at radius 3 is 2.68 bits per heavy atom.